The topological polar surface area (TPSA) is 68.0 Å². The van der Waals surface area contributed by atoms with Gasteiger partial charge in [0, 0.05) is 11.8 Å². The van der Waals surface area contributed by atoms with E-state index in [2.05, 4.69) is 15.3 Å². The number of benzene rings is 1. The van der Waals surface area contributed by atoms with Gasteiger partial charge in [-0.3, -0.25) is 9.78 Å². The molecule has 1 amide bonds. The molecule has 3 aromatic rings. The van der Waals surface area contributed by atoms with Crippen LogP contribution in [-0.2, 0) is 0 Å². The maximum atomic E-state index is 13.0. The summed E-state index contributed by atoms with van der Waals surface area (Å²) in [6.07, 6.45) is 2.86. The number of nitrogens with one attached hydrogen (secondary N) is 1. The number of nitrogens with zero attached hydrogens (tertiary/aromatic N) is 2. The molecule has 6 heteroatoms. The Morgan fingerprint density at radius 3 is 2.65 bits per heavy atom. The molecular weight excluding hydrogens is 297 g/mol. The number of carbonyl (C=O) groups excluding carboxylic acids is 1. The van der Waals surface area contributed by atoms with Crippen molar-refractivity contribution < 1.29 is 13.6 Å². The summed E-state index contributed by atoms with van der Waals surface area (Å²) in [6.45, 7) is 1.83. The number of amides is 1. The fourth-order valence-electron chi connectivity index (χ4n) is 2.19. The summed E-state index contributed by atoms with van der Waals surface area (Å²) >= 11 is 0. The summed E-state index contributed by atoms with van der Waals surface area (Å²) in [5.41, 5.74) is 1.48. The van der Waals surface area contributed by atoms with Crippen LogP contribution in [0.4, 0.5) is 4.39 Å². The zero-order valence-electron chi connectivity index (χ0n) is 12.4. The van der Waals surface area contributed by atoms with Crippen molar-refractivity contribution in [3.05, 3.63) is 72.3 Å². The van der Waals surface area contributed by atoms with Gasteiger partial charge in [0.2, 0.25) is 0 Å². The summed E-state index contributed by atoms with van der Waals surface area (Å²) in [5.74, 6) is -0.435. The molecule has 23 heavy (non-hydrogen) atoms. The molecule has 1 atom stereocenters. The van der Waals surface area contributed by atoms with Crippen LogP contribution in [0.1, 0.15) is 29.1 Å². The van der Waals surface area contributed by atoms with E-state index in [0.29, 0.717) is 11.3 Å². The van der Waals surface area contributed by atoms with Crippen molar-refractivity contribution in [2.75, 3.05) is 0 Å². The molecule has 0 spiro atoms. The van der Waals surface area contributed by atoms with Gasteiger partial charge in [-0.05, 0) is 43.3 Å². The highest BCUT2D eigenvalue weighted by Gasteiger charge is 2.20. The van der Waals surface area contributed by atoms with Crippen LogP contribution < -0.4 is 5.32 Å². The second-order valence-electron chi connectivity index (χ2n) is 4.99. The third-order valence-electron chi connectivity index (χ3n) is 3.37. The summed E-state index contributed by atoms with van der Waals surface area (Å²) < 4.78 is 18.3. The highest BCUT2D eigenvalue weighted by Crippen LogP contribution is 2.23. The van der Waals surface area contributed by atoms with E-state index in [0.717, 1.165) is 5.69 Å². The third kappa shape index (κ3) is 3.26. The average Bonchev–Trinajstić information content (AvgIpc) is 3.06. The second kappa shape index (κ2) is 6.39. The highest BCUT2D eigenvalue weighted by atomic mass is 19.1. The molecule has 1 N–H and O–H groups in total. The first kappa shape index (κ1) is 14.9. The number of aromatic nitrogens is 2. The number of pyridine rings is 1. The number of carbonyl (C=O) groups is 1. The van der Waals surface area contributed by atoms with E-state index in [1.807, 2.05) is 25.1 Å². The Balaban J connectivity index is 1.81. The Kier molecular flexibility index (Phi) is 4.14. The van der Waals surface area contributed by atoms with E-state index >= 15 is 0 Å². The van der Waals surface area contributed by atoms with Gasteiger partial charge in [-0.15, -0.1) is 0 Å². The van der Waals surface area contributed by atoms with Gasteiger partial charge < -0.3 is 9.73 Å². The molecule has 3 rings (SSSR count). The zero-order valence-corrected chi connectivity index (χ0v) is 12.4. The molecule has 0 radical (unpaired) electrons. The first-order valence-corrected chi connectivity index (χ1v) is 7.06. The lowest BCUT2D eigenvalue weighted by atomic mass is 10.1. The standard InChI is InChI=1S/C17H14FN3O2/c1-11(14-4-2-3-9-19-14)21-17(22)15-16(23-10-20-15)12-5-7-13(18)8-6-12/h2-11H,1H3,(H,21,22)/t11-/m1/s1. The first-order chi connectivity index (χ1) is 11.1. The minimum absolute atomic E-state index is 0.152. The summed E-state index contributed by atoms with van der Waals surface area (Å²) in [4.78, 5) is 20.6. The highest BCUT2D eigenvalue weighted by molar-refractivity contribution is 5.97. The fraction of sp³-hybridized carbons (Fsp3) is 0.118. The van der Waals surface area contributed by atoms with E-state index in [4.69, 9.17) is 4.42 Å². The SMILES string of the molecule is C[C@@H](NC(=O)c1ncoc1-c1ccc(F)cc1)c1ccccn1. The number of halogens is 1. The summed E-state index contributed by atoms with van der Waals surface area (Å²) in [6, 6.07) is 10.9. The van der Waals surface area contributed by atoms with Gasteiger partial charge in [0.15, 0.2) is 17.8 Å². The first-order valence-electron chi connectivity index (χ1n) is 7.06. The maximum absolute atomic E-state index is 13.0. The molecule has 0 saturated carbocycles. The molecule has 0 fully saturated rings. The predicted octanol–water partition coefficient (Wildman–Crippen LogP) is 3.37. The Morgan fingerprint density at radius 1 is 1.17 bits per heavy atom. The summed E-state index contributed by atoms with van der Waals surface area (Å²) in [5, 5.41) is 2.82. The molecular formula is C17H14FN3O2. The van der Waals surface area contributed by atoms with E-state index in [9.17, 15) is 9.18 Å². The van der Waals surface area contributed by atoms with Crippen LogP contribution in [-0.4, -0.2) is 15.9 Å². The molecule has 0 saturated heterocycles. The van der Waals surface area contributed by atoms with E-state index < -0.39 is 0 Å². The molecule has 2 aromatic heterocycles. The summed E-state index contributed by atoms with van der Waals surface area (Å²) in [7, 11) is 0. The van der Waals surface area contributed by atoms with Crippen molar-refractivity contribution >= 4 is 5.91 Å². The quantitative estimate of drug-likeness (QED) is 0.802. The molecule has 1 aromatic carbocycles. The van der Waals surface area contributed by atoms with Crippen LogP contribution in [0.2, 0.25) is 0 Å². The van der Waals surface area contributed by atoms with Crippen LogP contribution >= 0.6 is 0 Å². The van der Waals surface area contributed by atoms with Crippen molar-refractivity contribution in [1.82, 2.24) is 15.3 Å². The Labute approximate surface area is 132 Å². The van der Waals surface area contributed by atoms with Crippen molar-refractivity contribution in [3.8, 4) is 11.3 Å². The molecule has 0 aliphatic rings. The van der Waals surface area contributed by atoms with Crippen molar-refractivity contribution in [2.45, 2.75) is 13.0 Å². The number of hydrogen-bond donors (Lipinski definition) is 1. The number of hydrogen-bond acceptors (Lipinski definition) is 4. The Morgan fingerprint density at radius 2 is 1.96 bits per heavy atom. The van der Waals surface area contributed by atoms with Gasteiger partial charge in [-0.2, -0.15) is 0 Å². The normalized spacial score (nSPS) is 11.9. The smallest absolute Gasteiger partial charge is 0.274 e. The van der Waals surface area contributed by atoms with Gasteiger partial charge in [-0.1, -0.05) is 6.07 Å². The van der Waals surface area contributed by atoms with Crippen molar-refractivity contribution in [3.63, 3.8) is 0 Å². The lowest BCUT2D eigenvalue weighted by Crippen LogP contribution is -2.27. The number of rotatable bonds is 4. The monoisotopic (exact) mass is 311 g/mol. The maximum Gasteiger partial charge on any atom is 0.274 e. The van der Waals surface area contributed by atoms with Gasteiger partial charge in [-0.25, -0.2) is 9.37 Å². The van der Waals surface area contributed by atoms with E-state index in [1.165, 1.54) is 30.7 Å². The van der Waals surface area contributed by atoms with Crippen molar-refractivity contribution in [2.24, 2.45) is 0 Å². The largest absolute Gasteiger partial charge is 0.443 e. The second-order valence-corrected chi connectivity index (χ2v) is 4.99. The molecule has 116 valence electrons. The Bertz CT molecular complexity index is 800. The van der Waals surface area contributed by atoms with Gasteiger partial charge in [0.25, 0.3) is 5.91 Å². The fourth-order valence-corrected chi connectivity index (χ4v) is 2.19. The van der Waals surface area contributed by atoms with Crippen LogP contribution in [0.3, 0.4) is 0 Å². The zero-order chi connectivity index (χ0) is 16.2. The minimum Gasteiger partial charge on any atom is -0.443 e. The van der Waals surface area contributed by atoms with Gasteiger partial charge >= 0.3 is 0 Å². The average molecular weight is 311 g/mol. The van der Waals surface area contributed by atoms with E-state index in [1.54, 1.807) is 6.20 Å². The van der Waals surface area contributed by atoms with Gasteiger partial charge in [0.05, 0.1) is 11.7 Å². The molecule has 0 bridgehead atoms. The molecule has 0 aliphatic heterocycles. The molecule has 0 unspecified atom stereocenters. The van der Waals surface area contributed by atoms with Crippen LogP contribution in [0.25, 0.3) is 11.3 Å². The molecule has 5 nitrogen and oxygen atoms in total. The number of oxazole rings is 1. The Hall–Kier alpha value is -3.02. The lowest BCUT2D eigenvalue weighted by Gasteiger charge is -2.12. The minimum atomic E-state index is -0.378. The molecule has 0 aliphatic carbocycles. The van der Waals surface area contributed by atoms with E-state index in [-0.39, 0.29) is 23.5 Å². The van der Waals surface area contributed by atoms with Crippen LogP contribution in [0.15, 0.2) is 59.5 Å². The third-order valence-corrected chi connectivity index (χ3v) is 3.37. The lowest BCUT2D eigenvalue weighted by molar-refractivity contribution is 0.0935. The van der Waals surface area contributed by atoms with Crippen LogP contribution in [0.5, 0.6) is 0 Å². The predicted molar refractivity (Wildman–Crippen MR) is 82.0 cm³/mol. The molecule has 2 heterocycles. The van der Waals surface area contributed by atoms with Crippen LogP contribution in [0, 0.1) is 5.82 Å². The van der Waals surface area contributed by atoms with Crippen molar-refractivity contribution in [1.29, 1.82) is 0 Å². The van der Waals surface area contributed by atoms with Gasteiger partial charge in [0.1, 0.15) is 5.82 Å².